The van der Waals surface area contributed by atoms with Crippen molar-refractivity contribution in [1.29, 1.82) is 0 Å². The molecule has 0 bridgehead atoms. The van der Waals surface area contributed by atoms with Gasteiger partial charge in [-0.15, -0.1) is 0 Å². The van der Waals surface area contributed by atoms with Crippen LogP contribution in [0.3, 0.4) is 0 Å². The molecule has 0 aromatic heterocycles. The van der Waals surface area contributed by atoms with Crippen molar-refractivity contribution in [2.45, 2.75) is 4.90 Å². The Morgan fingerprint density at radius 3 is 2.19 bits per heavy atom. The number of ether oxygens (including phenoxy) is 1. The van der Waals surface area contributed by atoms with Crippen molar-refractivity contribution in [2.75, 3.05) is 11.9 Å². The number of amides is 1. The molecule has 0 aliphatic rings. The third-order valence-corrected chi connectivity index (χ3v) is 5.39. The predicted molar refractivity (Wildman–Crippen MR) is 119 cm³/mol. The molecule has 9 nitrogen and oxygen atoms in total. The Bertz CT molecular complexity index is 1260. The molecule has 11 heteroatoms. The predicted octanol–water partition coefficient (Wildman–Crippen LogP) is 4.20. The fraction of sp³-hybridized carbons (Fsp3) is 0.0476. The van der Waals surface area contributed by atoms with Crippen LogP contribution in [0.25, 0.3) is 0 Å². The number of nitrogens with two attached hydrogens (primary N) is 1. The summed E-state index contributed by atoms with van der Waals surface area (Å²) in [6.45, 7) is -0.582. The molecule has 0 aliphatic carbocycles. The van der Waals surface area contributed by atoms with E-state index in [9.17, 15) is 18.0 Å². The molecule has 0 aliphatic heterocycles. The summed E-state index contributed by atoms with van der Waals surface area (Å²) in [6, 6.07) is 19.2. The van der Waals surface area contributed by atoms with Crippen molar-refractivity contribution in [3.63, 3.8) is 0 Å². The zero-order chi connectivity index (χ0) is 23.1. The van der Waals surface area contributed by atoms with Gasteiger partial charge in [-0.2, -0.15) is 10.2 Å². The van der Waals surface area contributed by atoms with Gasteiger partial charge in [-0.3, -0.25) is 4.79 Å². The molecule has 3 aromatic carbocycles. The number of hydrogen-bond acceptors (Lipinski definition) is 7. The highest BCUT2D eigenvalue weighted by Gasteiger charge is 2.18. The van der Waals surface area contributed by atoms with E-state index in [1.165, 1.54) is 12.1 Å². The lowest BCUT2D eigenvalue weighted by Gasteiger charge is -2.08. The van der Waals surface area contributed by atoms with E-state index in [1.54, 1.807) is 24.3 Å². The van der Waals surface area contributed by atoms with Gasteiger partial charge >= 0.3 is 5.97 Å². The summed E-state index contributed by atoms with van der Waals surface area (Å²) in [7, 11) is -4.12. The van der Waals surface area contributed by atoms with Gasteiger partial charge in [-0.05, 0) is 54.6 Å². The Morgan fingerprint density at radius 2 is 1.56 bits per heavy atom. The number of azo groups is 1. The van der Waals surface area contributed by atoms with E-state index in [0.29, 0.717) is 17.1 Å². The van der Waals surface area contributed by atoms with E-state index in [-0.39, 0.29) is 10.6 Å². The highest BCUT2D eigenvalue weighted by molar-refractivity contribution is 7.89. The molecular formula is C21H17ClN4O5S. The molecule has 0 radical (unpaired) electrons. The summed E-state index contributed by atoms with van der Waals surface area (Å²) in [6.07, 6.45) is 0. The lowest BCUT2D eigenvalue weighted by atomic mass is 10.2. The first-order chi connectivity index (χ1) is 15.2. The van der Waals surface area contributed by atoms with Crippen LogP contribution in [0, 0.1) is 0 Å². The maximum atomic E-state index is 12.1. The van der Waals surface area contributed by atoms with Crippen LogP contribution >= 0.6 is 11.6 Å². The molecule has 0 saturated heterocycles. The summed E-state index contributed by atoms with van der Waals surface area (Å²) >= 11 is 5.78. The zero-order valence-electron chi connectivity index (χ0n) is 16.4. The van der Waals surface area contributed by atoms with Crippen molar-refractivity contribution in [1.82, 2.24) is 0 Å². The Labute approximate surface area is 188 Å². The summed E-state index contributed by atoms with van der Waals surface area (Å²) in [4.78, 5) is 23.8. The molecule has 0 heterocycles. The molecule has 32 heavy (non-hydrogen) atoms. The summed E-state index contributed by atoms with van der Waals surface area (Å²) < 4.78 is 27.9. The normalized spacial score (nSPS) is 11.3. The molecule has 3 N–H and O–H groups in total. The second kappa shape index (κ2) is 10.1. The maximum Gasteiger partial charge on any atom is 0.338 e. The van der Waals surface area contributed by atoms with Crippen LogP contribution in [0.15, 0.2) is 87.9 Å². The van der Waals surface area contributed by atoms with Crippen LogP contribution in [0.4, 0.5) is 17.1 Å². The number of sulfonamides is 1. The molecule has 0 atom stereocenters. The van der Waals surface area contributed by atoms with Gasteiger partial charge in [0.1, 0.15) is 4.90 Å². The molecule has 164 valence electrons. The van der Waals surface area contributed by atoms with Crippen LogP contribution < -0.4 is 10.5 Å². The van der Waals surface area contributed by atoms with E-state index in [4.69, 9.17) is 21.5 Å². The van der Waals surface area contributed by atoms with Crippen molar-refractivity contribution in [3.05, 3.63) is 83.4 Å². The van der Waals surface area contributed by atoms with E-state index >= 15 is 0 Å². The first kappa shape index (κ1) is 23.1. The number of hydrogen-bond donors (Lipinski definition) is 2. The first-order valence-electron chi connectivity index (χ1n) is 9.08. The van der Waals surface area contributed by atoms with Crippen LogP contribution in [0.2, 0.25) is 5.02 Å². The highest BCUT2D eigenvalue weighted by atomic mass is 35.5. The largest absolute Gasteiger partial charge is 0.452 e. The number of carbonyl (C=O) groups is 2. The third kappa shape index (κ3) is 6.45. The molecule has 0 fully saturated rings. The van der Waals surface area contributed by atoms with E-state index in [2.05, 4.69) is 15.5 Å². The number of nitrogens with one attached hydrogen (secondary N) is 1. The minimum Gasteiger partial charge on any atom is -0.452 e. The quantitative estimate of drug-likeness (QED) is 0.391. The van der Waals surface area contributed by atoms with Gasteiger partial charge in [-0.1, -0.05) is 29.8 Å². The van der Waals surface area contributed by atoms with Gasteiger partial charge in [-0.25, -0.2) is 18.4 Å². The van der Waals surface area contributed by atoms with Crippen molar-refractivity contribution in [3.8, 4) is 0 Å². The highest BCUT2D eigenvalue weighted by Crippen LogP contribution is 2.22. The zero-order valence-corrected chi connectivity index (χ0v) is 18.0. The van der Waals surface area contributed by atoms with Gasteiger partial charge in [0.05, 0.1) is 22.0 Å². The number of halogens is 1. The minimum absolute atomic E-state index is 0.112. The van der Waals surface area contributed by atoms with Gasteiger partial charge < -0.3 is 10.1 Å². The third-order valence-electron chi connectivity index (χ3n) is 4.00. The number of primary sulfonamides is 1. The van der Waals surface area contributed by atoms with Crippen LogP contribution in [0.1, 0.15) is 10.4 Å². The summed E-state index contributed by atoms with van der Waals surface area (Å²) in [5.41, 5.74) is 1.65. The molecule has 1 amide bonds. The van der Waals surface area contributed by atoms with Crippen molar-refractivity contribution < 1.29 is 22.7 Å². The van der Waals surface area contributed by atoms with E-state index in [0.717, 1.165) is 6.07 Å². The minimum atomic E-state index is -4.12. The Hall–Kier alpha value is -3.60. The summed E-state index contributed by atoms with van der Waals surface area (Å²) in [5, 5.41) is 15.7. The topological polar surface area (TPSA) is 140 Å². The lowest BCUT2D eigenvalue weighted by Crippen LogP contribution is -2.21. The Balaban J connectivity index is 1.55. The second-order valence-electron chi connectivity index (χ2n) is 6.40. The van der Waals surface area contributed by atoms with Gasteiger partial charge in [0.2, 0.25) is 10.0 Å². The molecule has 3 rings (SSSR count). The summed E-state index contributed by atoms with van der Waals surface area (Å²) in [5.74, 6) is -1.49. The molecule has 0 unspecified atom stereocenters. The monoisotopic (exact) mass is 472 g/mol. The first-order valence-corrected chi connectivity index (χ1v) is 11.0. The van der Waals surface area contributed by atoms with E-state index < -0.39 is 33.4 Å². The second-order valence-corrected chi connectivity index (χ2v) is 8.33. The fourth-order valence-corrected chi connectivity index (χ4v) is 3.55. The maximum absolute atomic E-state index is 12.1. The van der Waals surface area contributed by atoms with Crippen molar-refractivity contribution in [2.24, 2.45) is 15.4 Å². The number of rotatable bonds is 7. The Morgan fingerprint density at radius 1 is 0.938 bits per heavy atom. The fourth-order valence-electron chi connectivity index (χ4n) is 2.48. The molecule has 0 spiro atoms. The average Bonchev–Trinajstić information content (AvgIpc) is 2.77. The van der Waals surface area contributed by atoms with Gasteiger partial charge in [0, 0.05) is 5.69 Å². The number of carbonyl (C=O) groups excluding carboxylic acids is 2. The number of esters is 1. The van der Waals surface area contributed by atoms with E-state index in [1.807, 2.05) is 30.3 Å². The average molecular weight is 473 g/mol. The van der Waals surface area contributed by atoms with Gasteiger partial charge in [0.25, 0.3) is 5.91 Å². The van der Waals surface area contributed by atoms with Crippen LogP contribution in [-0.2, 0) is 19.6 Å². The van der Waals surface area contributed by atoms with Crippen LogP contribution in [-0.4, -0.2) is 26.9 Å². The molecule has 3 aromatic rings. The number of benzene rings is 3. The van der Waals surface area contributed by atoms with Gasteiger partial charge in [0.15, 0.2) is 6.61 Å². The molecule has 0 saturated carbocycles. The molecular weight excluding hydrogens is 456 g/mol. The Kier molecular flexibility index (Phi) is 7.31. The smallest absolute Gasteiger partial charge is 0.338 e. The lowest BCUT2D eigenvalue weighted by molar-refractivity contribution is -0.119. The standard InChI is InChI=1S/C21H17ClN4O5S/c22-18-11-6-14(12-19(18)32(23,29)30)21(28)31-13-20(27)24-15-7-9-17(10-8-15)26-25-16-4-2-1-3-5-16/h1-12H,13H2,(H,24,27)(H2,23,29,30). The number of nitrogens with zero attached hydrogens (tertiary/aromatic N) is 2. The van der Waals surface area contributed by atoms with Crippen LogP contribution in [0.5, 0.6) is 0 Å². The SMILES string of the molecule is NS(=O)(=O)c1cc(C(=O)OCC(=O)Nc2ccc(N=Nc3ccccc3)cc2)ccc1Cl. The van der Waals surface area contributed by atoms with Crippen molar-refractivity contribution >= 4 is 50.6 Å². The number of anilines is 1.